The van der Waals surface area contributed by atoms with Crippen LogP contribution in [0.3, 0.4) is 0 Å². The fraction of sp³-hybridized carbons (Fsp3) is 0.438. The molecule has 0 amide bonds. The van der Waals surface area contributed by atoms with Gasteiger partial charge in [0.25, 0.3) is 10.1 Å². The maximum absolute atomic E-state index is 10.9. The lowest BCUT2D eigenvalue weighted by Gasteiger charge is -2.11. The van der Waals surface area contributed by atoms with E-state index in [-0.39, 0.29) is 11.9 Å². The summed E-state index contributed by atoms with van der Waals surface area (Å²) in [5.41, 5.74) is 1.79. The topological polar surface area (TPSA) is 91.1 Å². The van der Waals surface area contributed by atoms with E-state index < -0.39 is 10.1 Å². The Hall–Kier alpha value is -2.26. The minimum atomic E-state index is -3.97. The second-order valence-corrected chi connectivity index (χ2v) is 7.63. The van der Waals surface area contributed by atoms with Crippen LogP contribution in [0.25, 0.3) is 0 Å². The summed E-state index contributed by atoms with van der Waals surface area (Å²) in [7, 11) is 1.86. The summed E-state index contributed by atoms with van der Waals surface area (Å²) < 4.78 is 34.4. The number of benzene rings is 1. The van der Waals surface area contributed by atoms with E-state index in [9.17, 15) is 8.42 Å². The minimum Gasteiger partial charge on any atom is -0.378 e. The largest absolute Gasteiger partial charge is 0.378 e. The third-order valence-electron chi connectivity index (χ3n) is 3.67. The van der Waals surface area contributed by atoms with Gasteiger partial charge in [0, 0.05) is 26.2 Å². The van der Waals surface area contributed by atoms with Gasteiger partial charge in [-0.3, -0.25) is 4.55 Å². The van der Waals surface area contributed by atoms with Gasteiger partial charge in [0.05, 0.1) is 18.5 Å². The first-order chi connectivity index (χ1) is 11.7. The zero-order valence-electron chi connectivity index (χ0n) is 14.6. The van der Waals surface area contributed by atoms with Gasteiger partial charge in [-0.25, -0.2) is 9.13 Å². The molecule has 1 aromatic heterocycles. The van der Waals surface area contributed by atoms with Gasteiger partial charge in [-0.15, -0.1) is 5.11 Å². The molecule has 1 aromatic carbocycles. The quantitative estimate of drug-likeness (QED) is 0.441. The smallest absolute Gasteiger partial charge is 0.264 e. The minimum absolute atomic E-state index is 0.288. The number of hydrogen-bond acceptors (Lipinski definition) is 5. The van der Waals surface area contributed by atoms with Crippen LogP contribution < -0.4 is 9.47 Å². The molecule has 0 aliphatic carbocycles. The summed E-state index contributed by atoms with van der Waals surface area (Å²) in [4.78, 5) is 2.00. The molecule has 25 heavy (non-hydrogen) atoms. The zero-order chi connectivity index (χ0) is 18.4. The van der Waals surface area contributed by atoms with Crippen molar-refractivity contribution in [3.05, 3.63) is 43.0 Å². The number of hydrogen-bond donors (Lipinski definition) is 1. The highest BCUT2D eigenvalue weighted by atomic mass is 32.2. The van der Waals surface area contributed by atoms with Crippen molar-refractivity contribution in [2.24, 2.45) is 17.3 Å². The van der Waals surface area contributed by atoms with Crippen molar-refractivity contribution in [2.45, 2.75) is 19.0 Å². The highest BCUT2D eigenvalue weighted by Gasteiger charge is 2.17. The van der Waals surface area contributed by atoms with Crippen molar-refractivity contribution in [2.75, 3.05) is 24.7 Å². The Labute approximate surface area is 148 Å². The van der Waals surface area contributed by atoms with E-state index in [1.165, 1.54) is 0 Å². The fourth-order valence-corrected chi connectivity index (χ4v) is 2.84. The fourth-order valence-electron chi connectivity index (χ4n) is 2.31. The number of aryl methyl sites for hydroxylation is 1. The van der Waals surface area contributed by atoms with Crippen LogP contribution in [0, 0.1) is 0 Å². The van der Waals surface area contributed by atoms with E-state index in [1.54, 1.807) is 0 Å². The number of imidazole rings is 1. The zero-order valence-corrected chi connectivity index (χ0v) is 15.5. The highest BCUT2D eigenvalue weighted by molar-refractivity contribution is 7.85. The van der Waals surface area contributed by atoms with E-state index in [0.717, 1.165) is 11.4 Å². The van der Waals surface area contributed by atoms with Gasteiger partial charge in [-0.1, -0.05) is 0 Å². The molecular formula is C16H24N5O3S+. The summed E-state index contributed by atoms with van der Waals surface area (Å²) in [6.07, 6.45) is 5.99. The molecule has 0 bridgehead atoms. The Bertz CT molecular complexity index is 813. The summed E-state index contributed by atoms with van der Waals surface area (Å²) in [6.45, 7) is 0. The molecule has 136 valence electrons. The Morgan fingerprint density at radius 2 is 1.96 bits per heavy atom. The number of anilines is 1. The number of aromatic nitrogens is 2. The second kappa shape index (κ2) is 8.21. The first kappa shape index (κ1) is 19.1. The van der Waals surface area contributed by atoms with Crippen LogP contribution in [-0.4, -0.2) is 37.4 Å². The van der Waals surface area contributed by atoms with Crippen molar-refractivity contribution < 1.29 is 17.5 Å². The average molecular weight is 366 g/mol. The lowest BCUT2D eigenvalue weighted by molar-refractivity contribution is -0.671. The van der Waals surface area contributed by atoms with Crippen molar-refractivity contribution in [1.82, 2.24) is 4.57 Å². The Morgan fingerprint density at radius 3 is 2.48 bits per heavy atom. The van der Waals surface area contributed by atoms with Crippen LogP contribution in [0.1, 0.15) is 19.0 Å². The summed E-state index contributed by atoms with van der Waals surface area (Å²) in [5.74, 6) is -0.288. The Morgan fingerprint density at radius 1 is 1.28 bits per heavy atom. The van der Waals surface area contributed by atoms with Gasteiger partial charge in [0.1, 0.15) is 12.4 Å². The molecule has 0 fully saturated rings. The van der Waals surface area contributed by atoms with E-state index in [1.807, 2.05) is 78.2 Å². The Kier molecular flexibility index (Phi) is 6.27. The molecule has 0 saturated carbocycles. The number of nitrogens with zero attached hydrogens (tertiary/aromatic N) is 5. The van der Waals surface area contributed by atoms with Crippen LogP contribution in [0.4, 0.5) is 11.4 Å². The van der Waals surface area contributed by atoms with Crippen LogP contribution in [0.15, 0.2) is 53.2 Å². The van der Waals surface area contributed by atoms with Crippen LogP contribution >= 0.6 is 0 Å². The molecule has 1 N–H and O–H groups in total. The molecule has 2 rings (SSSR count). The predicted octanol–water partition coefficient (Wildman–Crippen LogP) is 2.33. The predicted molar refractivity (Wildman–Crippen MR) is 95.6 cm³/mol. The van der Waals surface area contributed by atoms with E-state index in [0.29, 0.717) is 12.8 Å². The van der Waals surface area contributed by atoms with Gasteiger partial charge >= 0.3 is 0 Å². The molecule has 0 spiro atoms. The summed E-state index contributed by atoms with van der Waals surface area (Å²) in [5, 5.41) is 8.63. The normalized spacial score (nSPS) is 13.3. The van der Waals surface area contributed by atoms with Crippen molar-refractivity contribution in [1.29, 1.82) is 0 Å². The third-order valence-corrected chi connectivity index (χ3v) is 4.48. The van der Waals surface area contributed by atoms with Crippen molar-refractivity contribution in [3.8, 4) is 0 Å². The molecule has 0 radical (unpaired) electrons. The lowest BCUT2D eigenvalue weighted by atomic mass is 10.2. The molecule has 2 aromatic rings. The number of azo groups is 1. The van der Waals surface area contributed by atoms with Crippen LogP contribution in [-0.2, 0) is 17.2 Å². The molecule has 9 heteroatoms. The second-order valence-electron chi connectivity index (χ2n) is 6.06. The number of rotatable bonds is 8. The van der Waals surface area contributed by atoms with Gasteiger partial charge in [0.15, 0.2) is 0 Å². The molecule has 1 atom stereocenters. The molecule has 0 aliphatic heterocycles. The van der Waals surface area contributed by atoms with Crippen molar-refractivity contribution in [3.63, 3.8) is 0 Å². The van der Waals surface area contributed by atoms with Crippen LogP contribution in [0.5, 0.6) is 0 Å². The SMILES string of the molecule is CN(C)c1ccc(N=NC(CCCS(=O)(=O)O)n2cc[n+](C)c2)cc1. The van der Waals surface area contributed by atoms with Gasteiger partial charge < -0.3 is 4.90 Å². The first-order valence-corrected chi connectivity index (χ1v) is 9.51. The Balaban J connectivity index is 2.11. The lowest BCUT2D eigenvalue weighted by Crippen LogP contribution is -2.24. The molecule has 0 aliphatic rings. The van der Waals surface area contributed by atoms with Gasteiger partial charge in [-0.05, 0) is 30.7 Å². The summed E-state index contributed by atoms with van der Waals surface area (Å²) >= 11 is 0. The molecule has 1 unspecified atom stereocenters. The molecule has 0 saturated heterocycles. The standard InChI is InChI=1S/C16H23N5O3S/c1-19(2)15-8-6-14(7-9-15)17-18-16(5-4-12-25(22,23)24)21-11-10-20(3)13-21/h6-11,13,16H,4-5,12H2,1-3H3/p+1. The molecule has 8 nitrogen and oxygen atoms in total. The molecule has 1 heterocycles. The third kappa shape index (κ3) is 6.28. The summed E-state index contributed by atoms with van der Waals surface area (Å²) in [6, 6.07) is 7.67. The first-order valence-electron chi connectivity index (χ1n) is 7.91. The van der Waals surface area contributed by atoms with E-state index in [4.69, 9.17) is 4.55 Å². The highest BCUT2D eigenvalue weighted by Crippen LogP contribution is 2.22. The monoisotopic (exact) mass is 366 g/mol. The van der Waals surface area contributed by atoms with Gasteiger partial charge in [0.2, 0.25) is 12.5 Å². The van der Waals surface area contributed by atoms with E-state index in [2.05, 4.69) is 10.2 Å². The maximum atomic E-state index is 10.9. The van der Waals surface area contributed by atoms with Crippen LogP contribution in [0.2, 0.25) is 0 Å². The van der Waals surface area contributed by atoms with Crippen molar-refractivity contribution >= 4 is 21.5 Å². The molecular weight excluding hydrogens is 342 g/mol. The maximum Gasteiger partial charge on any atom is 0.264 e. The average Bonchev–Trinajstić information content (AvgIpc) is 2.96. The van der Waals surface area contributed by atoms with E-state index >= 15 is 0 Å². The van der Waals surface area contributed by atoms with Gasteiger partial charge in [-0.2, -0.15) is 13.5 Å².